The number of amides is 3. The lowest BCUT2D eigenvalue weighted by atomic mass is 10.1. The number of benzene rings is 2. The van der Waals surface area contributed by atoms with Crippen molar-refractivity contribution in [1.82, 2.24) is 15.5 Å². The number of thiophene rings is 1. The second-order valence-corrected chi connectivity index (χ2v) is 11.0. The summed E-state index contributed by atoms with van der Waals surface area (Å²) >= 11 is 1.42. The number of nitrogens with zero attached hydrogens (tertiary/aromatic N) is 1. The van der Waals surface area contributed by atoms with Gasteiger partial charge in [-0.3, -0.25) is 19.8 Å². The Morgan fingerprint density at radius 3 is 2.51 bits per heavy atom. The van der Waals surface area contributed by atoms with Crippen molar-refractivity contribution in [3.05, 3.63) is 87.6 Å². The molecule has 1 saturated carbocycles. The van der Waals surface area contributed by atoms with Crippen molar-refractivity contribution in [2.45, 2.75) is 38.6 Å². The zero-order chi connectivity index (χ0) is 27.5. The second kappa shape index (κ2) is 11.3. The second-order valence-electron chi connectivity index (χ2n) is 9.98. The van der Waals surface area contributed by atoms with E-state index in [-0.39, 0.29) is 36.1 Å². The van der Waals surface area contributed by atoms with Crippen molar-refractivity contribution in [3.63, 3.8) is 0 Å². The first-order chi connectivity index (χ1) is 18.8. The van der Waals surface area contributed by atoms with Gasteiger partial charge in [0.05, 0.1) is 13.1 Å². The SMILES string of the molecule is CC1C2CC(C(=O)NCc3cc(C(=N)N)cs3)N(C(=O)CNC(=O)c3ccc(OCc4ccccc4)cc3)C12. The first kappa shape index (κ1) is 26.4. The van der Waals surface area contributed by atoms with Gasteiger partial charge in [0, 0.05) is 27.4 Å². The maximum Gasteiger partial charge on any atom is 0.251 e. The van der Waals surface area contributed by atoms with Gasteiger partial charge in [0.25, 0.3) is 5.91 Å². The topological polar surface area (TPSA) is 138 Å². The molecule has 1 saturated heterocycles. The number of nitrogen functional groups attached to an aromatic ring is 1. The minimum atomic E-state index is -0.561. The lowest BCUT2D eigenvalue weighted by Gasteiger charge is -2.28. The van der Waals surface area contributed by atoms with Gasteiger partial charge >= 0.3 is 0 Å². The standard InChI is InChI=1S/C29H31N5O4S/c1-17-23-12-24(29(37)32-13-22-11-20(16-39-22)27(30)31)34(26(17)23)25(35)14-33-28(36)19-7-9-21(10-8-19)38-15-18-5-3-2-4-6-18/h2-11,16-17,23-24,26H,12-15H2,1H3,(H3,30,31)(H,32,37)(H,33,36). The maximum atomic E-state index is 13.2. The Labute approximate surface area is 230 Å². The van der Waals surface area contributed by atoms with E-state index in [2.05, 4.69) is 17.6 Å². The molecule has 3 amide bonds. The van der Waals surface area contributed by atoms with Crippen LogP contribution in [-0.4, -0.2) is 47.1 Å². The van der Waals surface area contributed by atoms with E-state index in [1.165, 1.54) is 11.3 Å². The molecular weight excluding hydrogens is 514 g/mol. The Morgan fingerprint density at radius 2 is 1.82 bits per heavy atom. The van der Waals surface area contributed by atoms with Gasteiger partial charge in [-0.25, -0.2) is 0 Å². The van der Waals surface area contributed by atoms with Gasteiger partial charge in [0.15, 0.2) is 0 Å². The van der Waals surface area contributed by atoms with Crippen molar-refractivity contribution in [3.8, 4) is 5.75 Å². The normalized spacial score (nSPS) is 21.1. The highest BCUT2D eigenvalue weighted by molar-refractivity contribution is 7.10. The third-order valence-electron chi connectivity index (χ3n) is 7.42. The molecule has 2 fully saturated rings. The molecule has 3 aromatic rings. The van der Waals surface area contributed by atoms with Crippen LogP contribution in [0.25, 0.3) is 0 Å². The van der Waals surface area contributed by atoms with Crippen LogP contribution >= 0.6 is 11.3 Å². The van der Waals surface area contributed by atoms with Crippen molar-refractivity contribution in [2.75, 3.05) is 6.54 Å². The smallest absolute Gasteiger partial charge is 0.251 e. The number of ether oxygens (including phenoxy) is 1. The van der Waals surface area contributed by atoms with Gasteiger partial charge < -0.3 is 26.0 Å². The van der Waals surface area contributed by atoms with Gasteiger partial charge in [-0.1, -0.05) is 37.3 Å². The molecule has 10 heteroatoms. The molecule has 39 heavy (non-hydrogen) atoms. The zero-order valence-corrected chi connectivity index (χ0v) is 22.4. The average Bonchev–Trinajstić information content (AvgIpc) is 3.31. The van der Waals surface area contributed by atoms with E-state index < -0.39 is 6.04 Å². The van der Waals surface area contributed by atoms with Gasteiger partial charge in [-0.15, -0.1) is 11.3 Å². The van der Waals surface area contributed by atoms with Crippen molar-refractivity contribution >= 4 is 34.9 Å². The number of amidine groups is 1. The molecule has 1 aliphatic carbocycles. The summed E-state index contributed by atoms with van der Waals surface area (Å²) in [5, 5.41) is 14.9. The third kappa shape index (κ3) is 5.96. The minimum absolute atomic E-state index is 0.0140. The molecule has 1 aliphatic heterocycles. The number of nitrogens with two attached hydrogens (primary N) is 1. The van der Waals surface area contributed by atoms with Crippen LogP contribution in [0.15, 0.2) is 66.0 Å². The first-order valence-electron chi connectivity index (χ1n) is 12.9. The highest BCUT2D eigenvalue weighted by atomic mass is 32.1. The van der Waals surface area contributed by atoms with Gasteiger partial charge in [0.1, 0.15) is 24.2 Å². The molecule has 0 spiro atoms. The predicted octanol–water partition coefficient (Wildman–Crippen LogP) is 2.89. The Hall–Kier alpha value is -4.18. The average molecular weight is 546 g/mol. The number of hydrogen-bond acceptors (Lipinski definition) is 6. The Morgan fingerprint density at radius 1 is 1.08 bits per heavy atom. The van der Waals surface area contributed by atoms with Crippen molar-refractivity contribution < 1.29 is 19.1 Å². The highest BCUT2D eigenvalue weighted by Gasteiger charge is 2.61. The van der Waals surface area contributed by atoms with Crippen LogP contribution in [0.5, 0.6) is 5.75 Å². The molecule has 5 N–H and O–H groups in total. The minimum Gasteiger partial charge on any atom is -0.489 e. The van der Waals surface area contributed by atoms with E-state index >= 15 is 0 Å². The first-order valence-corrected chi connectivity index (χ1v) is 13.8. The molecule has 2 heterocycles. The van der Waals surface area contributed by atoms with Gasteiger partial charge in [0.2, 0.25) is 11.8 Å². The molecule has 2 aliphatic rings. The number of carbonyl (C=O) groups is 3. The summed E-state index contributed by atoms with van der Waals surface area (Å²) < 4.78 is 5.77. The molecule has 9 nitrogen and oxygen atoms in total. The quantitative estimate of drug-likeness (QED) is 0.229. The van der Waals surface area contributed by atoms with Crippen LogP contribution in [-0.2, 0) is 22.7 Å². The summed E-state index contributed by atoms with van der Waals surface area (Å²) in [6.45, 7) is 2.64. The molecule has 0 bridgehead atoms. The maximum absolute atomic E-state index is 13.2. The molecule has 0 radical (unpaired) electrons. The fourth-order valence-corrected chi connectivity index (χ4v) is 6.01. The number of rotatable bonds is 10. The summed E-state index contributed by atoms with van der Waals surface area (Å²) in [6.07, 6.45) is 0.616. The summed E-state index contributed by atoms with van der Waals surface area (Å²) in [5.41, 5.74) is 7.61. The van der Waals surface area contributed by atoms with Crippen molar-refractivity contribution in [2.24, 2.45) is 17.6 Å². The molecular formula is C29H31N5O4S. The van der Waals surface area contributed by atoms with Crippen LogP contribution in [0.4, 0.5) is 0 Å². The number of carbonyl (C=O) groups excluding carboxylic acids is 3. The number of piperidine rings is 1. The van der Waals surface area contributed by atoms with Gasteiger partial charge in [-0.05, 0) is 54.2 Å². The fourth-order valence-electron chi connectivity index (χ4n) is 5.19. The van der Waals surface area contributed by atoms with Crippen LogP contribution < -0.4 is 21.1 Å². The number of likely N-dealkylation sites (tertiary alicyclic amines) is 1. The monoisotopic (exact) mass is 545 g/mol. The lowest BCUT2D eigenvalue weighted by molar-refractivity contribution is -0.139. The lowest BCUT2D eigenvalue weighted by Crippen LogP contribution is -2.51. The molecule has 4 atom stereocenters. The van der Waals surface area contributed by atoms with E-state index in [1.807, 2.05) is 30.3 Å². The third-order valence-corrected chi connectivity index (χ3v) is 8.36. The van der Waals surface area contributed by atoms with E-state index in [4.69, 9.17) is 15.9 Å². The highest BCUT2D eigenvalue weighted by Crippen LogP contribution is 2.53. The van der Waals surface area contributed by atoms with Crippen molar-refractivity contribution in [1.29, 1.82) is 5.41 Å². The van der Waals surface area contributed by atoms with E-state index in [1.54, 1.807) is 40.6 Å². The fraction of sp³-hybridized carbons (Fsp3) is 0.310. The molecule has 4 unspecified atom stereocenters. The summed E-state index contributed by atoms with van der Waals surface area (Å²) in [4.78, 5) is 41.4. The summed E-state index contributed by atoms with van der Waals surface area (Å²) in [7, 11) is 0. The van der Waals surface area contributed by atoms with E-state index in [9.17, 15) is 14.4 Å². The van der Waals surface area contributed by atoms with E-state index in [0.717, 1.165) is 10.4 Å². The molecule has 2 aromatic carbocycles. The molecule has 1 aromatic heterocycles. The van der Waals surface area contributed by atoms with E-state index in [0.29, 0.717) is 48.3 Å². The number of hydrogen-bond donors (Lipinski definition) is 4. The van der Waals surface area contributed by atoms with Crippen LogP contribution in [0.2, 0.25) is 0 Å². The summed E-state index contributed by atoms with van der Waals surface area (Å²) in [6, 6.07) is 17.8. The molecule has 202 valence electrons. The van der Waals surface area contributed by atoms with Crippen LogP contribution in [0.3, 0.4) is 0 Å². The zero-order valence-electron chi connectivity index (χ0n) is 21.6. The Balaban J connectivity index is 1.13. The number of nitrogens with one attached hydrogen (secondary N) is 3. The summed E-state index contributed by atoms with van der Waals surface area (Å²) in [5.74, 6) is 0.433. The Kier molecular flexibility index (Phi) is 7.65. The van der Waals surface area contributed by atoms with Gasteiger partial charge in [-0.2, -0.15) is 0 Å². The predicted molar refractivity (Wildman–Crippen MR) is 148 cm³/mol. The Bertz CT molecular complexity index is 1370. The molecule has 5 rings (SSSR count). The number of fused-ring (bicyclic) bond motifs is 1. The van der Waals surface area contributed by atoms with Crippen LogP contribution in [0.1, 0.15) is 39.7 Å². The largest absolute Gasteiger partial charge is 0.489 e. The van der Waals surface area contributed by atoms with Crippen LogP contribution in [0, 0.1) is 17.2 Å².